The highest BCUT2D eigenvalue weighted by Gasteiger charge is 2.29. The van der Waals surface area contributed by atoms with Crippen LogP contribution in [-0.4, -0.2) is 36.5 Å². The number of rotatable bonds is 6. The lowest BCUT2D eigenvalue weighted by Gasteiger charge is -2.32. The molecule has 0 unspecified atom stereocenters. The molecule has 8 nitrogen and oxygen atoms in total. The van der Waals surface area contributed by atoms with Crippen LogP contribution in [0.15, 0.2) is 42.5 Å². The number of esters is 1. The van der Waals surface area contributed by atoms with Crippen molar-refractivity contribution in [2.45, 2.75) is 32.1 Å². The van der Waals surface area contributed by atoms with Crippen molar-refractivity contribution in [1.29, 1.82) is 0 Å². The zero-order valence-corrected chi connectivity index (χ0v) is 17.2. The summed E-state index contributed by atoms with van der Waals surface area (Å²) in [7, 11) is 0. The van der Waals surface area contributed by atoms with Crippen molar-refractivity contribution in [2.24, 2.45) is 5.92 Å². The van der Waals surface area contributed by atoms with Gasteiger partial charge in [-0.25, -0.2) is 0 Å². The second-order valence-corrected chi connectivity index (χ2v) is 8.00. The number of anilines is 2. The Balaban J connectivity index is 1.25. The number of hydrogen-bond acceptors (Lipinski definition) is 6. The molecule has 8 heteroatoms. The molecule has 1 amide bonds. The first kappa shape index (κ1) is 20.8. The Kier molecular flexibility index (Phi) is 6.16. The van der Waals surface area contributed by atoms with Gasteiger partial charge in [0.15, 0.2) is 6.61 Å². The minimum absolute atomic E-state index is 0.0618. The van der Waals surface area contributed by atoms with Crippen LogP contribution in [0.25, 0.3) is 0 Å². The summed E-state index contributed by atoms with van der Waals surface area (Å²) >= 11 is 0. The summed E-state index contributed by atoms with van der Waals surface area (Å²) < 4.78 is 5.23. The van der Waals surface area contributed by atoms with E-state index >= 15 is 0 Å². The molecule has 0 spiro atoms. The third-order valence-corrected chi connectivity index (χ3v) is 5.98. The number of fused-ring (bicyclic) bond motifs is 1. The van der Waals surface area contributed by atoms with Crippen molar-refractivity contribution < 1.29 is 19.2 Å². The van der Waals surface area contributed by atoms with Gasteiger partial charge in [-0.15, -0.1) is 0 Å². The highest BCUT2D eigenvalue weighted by atomic mass is 16.6. The minimum Gasteiger partial charge on any atom is -0.455 e. The maximum atomic E-state index is 12.4. The number of carbonyl (C=O) groups excluding carboxylic acids is 2. The number of nitrogens with one attached hydrogen (secondary N) is 1. The van der Waals surface area contributed by atoms with Crippen molar-refractivity contribution in [3.8, 4) is 0 Å². The first-order valence-corrected chi connectivity index (χ1v) is 10.6. The molecule has 2 aromatic rings. The topological polar surface area (TPSA) is 102 Å². The zero-order valence-electron chi connectivity index (χ0n) is 17.2. The van der Waals surface area contributed by atoms with E-state index in [2.05, 4.69) is 5.32 Å². The number of carbonyl (C=O) groups is 2. The van der Waals surface area contributed by atoms with E-state index in [0.29, 0.717) is 31.6 Å². The van der Waals surface area contributed by atoms with Gasteiger partial charge >= 0.3 is 5.97 Å². The summed E-state index contributed by atoms with van der Waals surface area (Å²) in [5.41, 5.74) is 3.94. The van der Waals surface area contributed by atoms with E-state index in [4.69, 9.17) is 4.74 Å². The van der Waals surface area contributed by atoms with Gasteiger partial charge in [-0.1, -0.05) is 18.2 Å². The van der Waals surface area contributed by atoms with E-state index in [9.17, 15) is 19.7 Å². The lowest BCUT2D eigenvalue weighted by molar-refractivity contribution is -0.384. The summed E-state index contributed by atoms with van der Waals surface area (Å²) in [6.07, 6.45) is 4.30. The zero-order chi connectivity index (χ0) is 21.8. The van der Waals surface area contributed by atoms with Crippen LogP contribution < -0.4 is 10.2 Å². The molecule has 1 fully saturated rings. The van der Waals surface area contributed by atoms with Gasteiger partial charge in [0.05, 0.1) is 10.8 Å². The molecule has 162 valence electrons. The predicted octanol–water partition coefficient (Wildman–Crippen LogP) is 3.48. The monoisotopic (exact) mass is 423 g/mol. The predicted molar refractivity (Wildman–Crippen MR) is 116 cm³/mol. The number of piperidine rings is 1. The van der Waals surface area contributed by atoms with Crippen LogP contribution in [-0.2, 0) is 27.2 Å². The number of para-hydroxylation sites is 2. The van der Waals surface area contributed by atoms with E-state index in [1.807, 2.05) is 23.1 Å². The van der Waals surface area contributed by atoms with Gasteiger partial charge in [0.25, 0.3) is 11.6 Å². The first-order valence-electron chi connectivity index (χ1n) is 10.6. The van der Waals surface area contributed by atoms with Gasteiger partial charge in [-0.05, 0) is 61.4 Å². The Morgan fingerprint density at radius 3 is 2.61 bits per heavy atom. The second kappa shape index (κ2) is 9.16. The van der Waals surface area contributed by atoms with Crippen LogP contribution in [0.1, 0.15) is 30.4 Å². The van der Waals surface area contributed by atoms with Gasteiger partial charge in [0.2, 0.25) is 0 Å². The van der Waals surface area contributed by atoms with Crippen LogP contribution >= 0.6 is 0 Å². The number of hydrogen-bond donors (Lipinski definition) is 1. The van der Waals surface area contributed by atoms with Crippen LogP contribution in [0, 0.1) is 16.0 Å². The van der Waals surface area contributed by atoms with Crippen molar-refractivity contribution in [3.05, 3.63) is 63.7 Å². The van der Waals surface area contributed by atoms with Crippen molar-refractivity contribution >= 4 is 28.9 Å². The summed E-state index contributed by atoms with van der Waals surface area (Å²) in [4.78, 5) is 37.3. The number of nitro benzene ring substituents is 1. The Labute approximate surface area is 180 Å². The molecule has 0 atom stereocenters. The van der Waals surface area contributed by atoms with E-state index in [1.54, 1.807) is 18.2 Å². The smallest absolute Gasteiger partial charge is 0.309 e. The Morgan fingerprint density at radius 1 is 1.10 bits per heavy atom. The van der Waals surface area contributed by atoms with Gasteiger partial charge in [-0.3, -0.25) is 19.7 Å². The van der Waals surface area contributed by atoms with Crippen LogP contribution in [0.3, 0.4) is 0 Å². The van der Waals surface area contributed by atoms with Crippen LogP contribution in [0.2, 0.25) is 0 Å². The first-order chi connectivity index (χ1) is 15.0. The Bertz CT molecular complexity index is 998. The third-order valence-electron chi connectivity index (χ3n) is 5.98. The average Bonchev–Trinajstić information content (AvgIpc) is 3.25. The summed E-state index contributed by atoms with van der Waals surface area (Å²) in [5, 5.41) is 14.0. The molecule has 1 N–H and O–H groups in total. The molecule has 1 saturated heterocycles. The number of aryl methyl sites for hydroxylation is 2. The van der Waals surface area contributed by atoms with Gasteiger partial charge in [0, 0.05) is 24.8 Å². The molecule has 1 aliphatic carbocycles. The normalized spacial score (nSPS) is 15.9. The van der Waals surface area contributed by atoms with Crippen molar-refractivity contribution in [1.82, 2.24) is 0 Å². The molecule has 0 saturated carbocycles. The van der Waals surface area contributed by atoms with Crippen molar-refractivity contribution in [3.63, 3.8) is 0 Å². The number of amides is 1. The fraction of sp³-hybridized carbons (Fsp3) is 0.391. The molecule has 0 radical (unpaired) electrons. The second-order valence-electron chi connectivity index (χ2n) is 8.00. The van der Waals surface area contributed by atoms with E-state index in [-0.39, 0.29) is 24.1 Å². The van der Waals surface area contributed by atoms with Gasteiger partial charge in [0.1, 0.15) is 5.69 Å². The maximum Gasteiger partial charge on any atom is 0.309 e. The molecule has 1 aliphatic heterocycles. The van der Waals surface area contributed by atoms with Crippen LogP contribution in [0.5, 0.6) is 0 Å². The number of nitrogens with zero attached hydrogens (tertiary/aromatic N) is 2. The molecule has 31 heavy (non-hydrogen) atoms. The fourth-order valence-electron chi connectivity index (χ4n) is 4.34. The molecule has 0 bridgehead atoms. The lowest BCUT2D eigenvalue weighted by Crippen LogP contribution is -2.37. The maximum absolute atomic E-state index is 12.4. The van der Waals surface area contributed by atoms with E-state index in [0.717, 1.165) is 24.9 Å². The molecular formula is C23H25N3O5. The number of nitro groups is 1. The lowest BCUT2D eigenvalue weighted by atomic mass is 9.96. The fourth-order valence-corrected chi connectivity index (χ4v) is 4.34. The molecule has 2 aromatic carbocycles. The summed E-state index contributed by atoms with van der Waals surface area (Å²) in [6.45, 7) is 0.720. The molecule has 4 rings (SSSR count). The number of benzene rings is 2. The molecule has 1 heterocycles. The highest BCUT2D eigenvalue weighted by Crippen LogP contribution is 2.31. The largest absolute Gasteiger partial charge is 0.455 e. The number of ether oxygens (including phenoxy) is 1. The van der Waals surface area contributed by atoms with Crippen molar-refractivity contribution in [2.75, 3.05) is 29.9 Å². The third kappa shape index (κ3) is 4.84. The Hall–Kier alpha value is -3.42. The van der Waals surface area contributed by atoms with E-state index < -0.39 is 10.9 Å². The molecule has 0 aromatic heterocycles. The SMILES string of the molecule is O=C(COC(=O)C1CCN(c2ccccc2[N+](=O)[O-])CC1)Nc1ccc2c(c1)CCC2. The van der Waals surface area contributed by atoms with Crippen LogP contribution in [0.4, 0.5) is 17.1 Å². The summed E-state index contributed by atoms with van der Waals surface area (Å²) in [5.74, 6) is -1.07. The molecule has 2 aliphatic rings. The minimum atomic E-state index is -0.397. The van der Waals surface area contributed by atoms with Gasteiger partial charge in [-0.2, -0.15) is 0 Å². The van der Waals surface area contributed by atoms with E-state index in [1.165, 1.54) is 17.2 Å². The Morgan fingerprint density at radius 2 is 1.84 bits per heavy atom. The average molecular weight is 423 g/mol. The highest BCUT2D eigenvalue weighted by molar-refractivity contribution is 5.93. The summed E-state index contributed by atoms with van der Waals surface area (Å²) in [6, 6.07) is 12.5. The van der Waals surface area contributed by atoms with Gasteiger partial charge < -0.3 is 15.0 Å². The molecular weight excluding hydrogens is 398 g/mol. The standard InChI is InChI=1S/C23H25N3O5/c27-22(24-19-9-8-16-4-3-5-18(16)14-19)15-31-23(28)17-10-12-25(13-11-17)20-6-1-2-7-21(20)26(29)30/h1-2,6-9,14,17H,3-5,10-13,15H2,(H,24,27). The quantitative estimate of drug-likeness (QED) is 0.434.